The highest BCUT2D eigenvalue weighted by Gasteiger charge is 2.18. The summed E-state index contributed by atoms with van der Waals surface area (Å²) in [6, 6.07) is 5.00. The third-order valence-electron chi connectivity index (χ3n) is 2.14. The van der Waals surface area contributed by atoms with Crippen LogP contribution in [-0.2, 0) is 11.3 Å². The number of hydrogen-bond donors (Lipinski definition) is 1. The minimum absolute atomic E-state index is 0.135. The molecule has 0 aromatic heterocycles. The van der Waals surface area contributed by atoms with Crippen LogP contribution in [0, 0.1) is 11.3 Å². The van der Waals surface area contributed by atoms with Crippen LogP contribution >= 0.6 is 0 Å². The highest BCUT2D eigenvalue weighted by atomic mass is 16.5. The van der Waals surface area contributed by atoms with E-state index in [9.17, 15) is 4.79 Å². The summed E-state index contributed by atoms with van der Waals surface area (Å²) < 4.78 is 9.68. The van der Waals surface area contributed by atoms with Crippen molar-refractivity contribution in [3.8, 4) is 11.8 Å². The molecular formula is C11H12N2O3. The molecule has 0 radical (unpaired) electrons. The Balaban J connectivity index is 3.44. The Morgan fingerprint density at radius 3 is 2.62 bits per heavy atom. The van der Waals surface area contributed by atoms with E-state index in [1.807, 2.05) is 6.07 Å². The maximum atomic E-state index is 11.5. The fourth-order valence-corrected chi connectivity index (χ4v) is 1.39. The zero-order valence-electron chi connectivity index (χ0n) is 9.11. The molecule has 0 aliphatic heterocycles. The van der Waals surface area contributed by atoms with E-state index in [2.05, 4.69) is 4.74 Å². The van der Waals surface area contributed by atoms with E-state index in [4.69, 9.17) is 15.7 Å². The molecule has 16 heavy (non-hydrogen) atoms. The van der Waals surface area contributed by atoms with E-state index in [-0.39, 0.29) is 12.1 Å². The average molecular weight is 220 g/mol. The van der Waals surface area contributed by atoms with Gasteiger partial charge in [0.25, 0.3) is 0 Å². The molecule has 0 aliphatic carbocycles. The number of benzene rings is 1. The summed E-state index contributed by atoms with van der Waals surface area (Å²) in [6.07, 6.45) is 0. The van der Waals surface area contributed by atoms with Crippen molar-refractivity contribution in [2.45, 2.75) is 6.54 Å². The van der Waals surface area contributed by atoms with Gasteiger partial charge in [0.15, 0.2) is 0 Å². The highest BCUT2D eigenvalue weighted by molar-refractivity contribution is 5.94. The van der Waals surface area contributed by atoms with Gasteiger partial charge in [-0.1, -0.05) is 0 Å². The van der Waals surface area contributed by atoms with Gasteiger partial charge in [-0.15, -0.1) is 0 Å². The Morgan fingerprint density at radius 2 is 2.19 bits per heavy atom. The van der Waals surface area contributed by atoms with Crippen LogP contribution in [0.1, 0.15) is 21.5 Å². The van der Waals surface area contributed by atoms with Crippen molar-refractivity contribution in [1.29, 1.82) is 5.26 Å². The molecule has 0 bridgehead atoms. The zero-order chi connectivity index (χ0) is 12.1. The van der Waals surface area contributed by atoms with Crippen LogP contribution in [-0.4, -0.2) is 20.2 Å². The van der Waals surface area contributed by atoms with Crippen molar-refractivity contribution in [3.05, 3.63) is 28.8 Å². The summed E-state index contributed by atoms with van der Waals surface area (Å²) in [7, 11) is 2.70. The first-order chi connectivity index (χ1) is 7.67. The van der Waals surface area contributed by atoms with Crippen molar-refractivity contribution in [3.63, 3.8) is 0 Å². The molecule has 5 nitrogen and oxygen atoms in total. The monoisotopic (exact) mass is 220 g/mol. The highest BCUT2D eigenvalue weighted by Crippen LogP contribution is 2.25. The van der Waals surface area contributed by atoms with Gasteiger partial charge in [-0.25, -0.2) is 4.79 Å². The molecule has 2 N–H and O–H groups in total. The third-order valence-corrected chi connectivity index (χ3v) is 2.14. The smallest absolute Gasteiger partial charge is 0.341 e. The Bertz CT molecular complexity index is 424. The van der Waals surface area contributed by atoms with Crippen molar-refractivity contribution in [2.75, 3.05) is 14.2 Å². The van der Waals surface area contributed by atoms with Crippen molar-refractivity contribution >= 4 is 5.97 Å². The van der Waals surface area contributed by atoms with Crippen LogP contribution in [0.3, 0.4) is 0 Å². The molecular weight excluding hydrogens is 208 g/mol. The number of nitrogens with two attached hydrogens (primary N) is 1. The second kappa shape index (κ2) is 5.14. The Hall–Kier alpha value is -2.06. The lowest BCUT2D eigenvalue weighted by atomic mass is 10.0. The number of carbonyl (C=O) groups is 1. The van der Waals surface area contributed by atoms with Crippen molar-refractivity contribution in [2.24, 2.45) is 5.73 Å². The minimum Gasteiger partial charge on any atom is -0.496 e. The number of nitriles is 1. The summed E-state index contributed by atoms with van der Waals surface area (Å²) in [5.41, 5.74) is 6.71. The van der Waals surface area contributed by atoms with Gasteiger partial charge in [-0.2, -0.15) is 5.26 Å². The summed E-state index contributed by atoms with van der Waals surface area (Å²) in [5, 5.41) is 8.80. The molecule has 0 amide bonds. The number of hydrogen-bond acceptors (Lipinski definition) is 5. The molecule has 0 spiro atoms. The number of esters is 1. The van der Waals surface area contributed by atoms with Gasteiger partial charge < -0.3 is 15.2 Å². The van der Waals surface area contributed by atoms with Gasteiger partial charge in [0, 0.05) is 6.54 Å². The first-order valence-corrected chi connectivity index (χ1v) is 4.57. The largest absolute Gasteiger partial charge is 0.496 e. The predicted octanol–water partition coefficient (Wildman–Crippen LogP) is 0.812. The van der Waals surface area contributed by atoms with Crippen LogP contribution < -0.4 is 10.5 Å². The normalized spacial score (nSPS) is 9.38. The number of rotatable bonds is 3. The number of carbonyl (C=O) groups excluding carboxylic acids is 1. The summed E-state index contributed by atoms with van der Waals surface area (Å²) in [5.74, 6) is -0.229. The number of ether oxygens (including phenoxy) is 2. The molecule has 84 valence electrons. The summed E-state index contributed by atoms with van der Waals surface area (Å²) in [6.45, 7) is 0.135. The first-order valence-electron chi connectivity index (χ1n) is 4.57. The SMILES string of the molecule is COC(=O)c1c(CN)cc(C#N)cc1OC. The van der Waals surface area contributed by atoms with Crippen molar-refractivity contribution in [1.82, 2.24) is 0 Å². The van der Waals surface area contributed by atoms with Gasteiger partial charge in [-0.3, -0.25) is 0 Å². The lowest BCUT2D eigenvalue weighted by molar-refractivity contribution is 0.0596. The molecule has 0 atom stereocenters. The minimum atomic E-state index is -0.526. The quantitative estimate of drug-likeness (QED) is 0.762. The second-order valence-electron chi connectivity index (χ2n) is 3.02. The predicted molar refractivity (Wildman–Crippen MR) is 56.9 cm³/mol. The molecule has 0 aliphatic rings. The van der Waals surface area contributed by atoms with Crippen LogP contribution in [0.5, 0.6) is 5.75 Å². The first kappa shape index (κ1) is 12.0. The van der Waals surface area contributed by atoms with E-state index < -0.39 is 5.97 Å². The Morgan fingerprint density at radius 1 is 1.50 bits per heavy atom. The third kappa shape index (κ3) is 2.12. The van der Waals surface area contributed by atoms with Crippen LogP contribution in [0.2, 0.25) is 0 Å². The van der Waals surface area contributed by atoms with Crippen LogP contribution in [0.25, 0.3) is 0 Å². The van der Waals surface area contributed by atoms with Crippen molar-refractivity contribution < 1.29 is 14.3 Å². The lowest BCUT2D eigenvalue weighted by Gasteiger charge is -2.11. The lowest BCUT2D eigenvalue weighted by Crippen LogP contribution is -2.11. The average Bonchev–Trinajstić information content (AvgIpc) is 2.35. The van der Waals surface area contributed by atoms with Gasteiger partial charge in [0.1, 0.15) is 11.3 Å². The van der Waals surface area contributed by atoms with E-state index in [0.29, 0.717) is 16.9 Å². The fourth-order valence-electron chi connectivity index (χ4n) is 1.39. The van der Waals surface area contributed by atoms with Gasteiger partial charge in [0.2, 0.25) is 0 Å². The molecule has 0 unspecified atom stereocenters. The molecule has 0 fully saturated rings. The fraction of sp³-hybridized carbons (Fsp3) is 0.273. The summed E-state index contributed by atoms with van der Waals surface area (Å²) in [4.78, 5) is 11.5. The van der Waals surface area contributed by atoms with E-state index in [1.54, 1.807) is 6.07 Å². The van der Waals surface area contributed by atoms with Gasteiger partial charge in [0.05, 0.1) is 25.9 Å². The van der Waals surface area contributed by atoms with E-state index >= 15 is 0 Å². The standard InChI is InChI=1S/C11H12N2O3/c1-15-9-4-7(5-12)3-8(6-13)10(9)11(14)16-2/h3-4H,6,13H2,1-2H3. The van der Waals surface area contributed by atoms with E-state index in [1.165, 1.54) is 20.3 Å². The second-order valence-corrected chi connectivity index (χ2v) is 3.02. The van der Waals surface area contributed by atoms with E-state index in [0.717, 1.165) is 0 Å². The molecule has 1 aromatic rings. The van der Waals surface area contributed by atoms with Gasteiger partial charge >= 0.3 is 5.97 Å². The molecule has 0 saturated heterocycles. The number of methoxy groups -OCH3 is 2. The molecule has 5 heteroatoms. The van der Waals surface area contributed by atoms with Gasteiger partial charge in [-0.05, 0) is 17.7 Å². The molecule has 0 heterocycles. The maximum Gasteiger partial charge on any atom is 0.341 e. The number of nitrogens with zero attached hydrogens (tertiary/aromatic N) is 1. The van der Waals surface area contributed by atoms with Crippen LogP contribution in [0.4, 0.5) is 0 Å². The Kier molecular flexibility index (Phi) is 3.86. The maximum absolute atomic E-state index is 11.5. The molecule has 1 aromatic carbocycles. The topological polar surface area (TPSA) is 85.3 Å². The molecule has 1 rings (SSSR count). The van der Waals surface area contributed by atoms with Crippen LogP contribution in [0.15, 0.2) is 12.1 Å². The zero-order valence-corrected chi connectivity index (χ0v) is 9.11. The Labute approximate surface area is 93.4 Å². The summed E-state index contributed by atoms with van der Waals surface area (Å²) >= 11 is 0. The molecule has 0 saturated carbocycles.